The Kier molecular flexibility index (Phi) is 12.0. The molecule has 2 rings (SSSR count). The van der Waals surface area contributed by atoms with Gasteiger partial charge in [0.25, 0.3) is 0 Å². The molecule has 26 heavy (non-hydrogen) atoms. The molecular weight excluding hydrogens is 445 g/mol. The van der Waals surface area contributed by atoms with Gasteiger partial charge in [0.2, 0.25) is 0 Å². The van der Waals surface area contributed by atoms with Crippen molar-refractivity contribution >= 4 is 29.9 Å². The molecule has 2 aliphatic rings. The largest absolute Gasteiger partial charge is 0.387 e. The predicted octanol–water partition coefficient (Wildman–Crippen LogP) is 0.729. The highest BCUT2D eigenvalue weighted by atomic mass is 127. The van der Waals surface area contributed by atoms with Gasteiger partial charge in [-0.25, -0.2) is 0 Å². The van der Waals surface area contributed by atoms with Gasteiger partial charge < -0.3 is 25.4 Å². The van der Waals surface area contributed by atoms with Gasteiger partial charge in [-0.2, -0.15) is 0 Å². The number of likely N-dealkylation sites (tertiary alicyclic amines) is 1. The van der Waals surface area contributed by atoms with Crippen LogP contribution in [0.25, 0.3) is 0 Å². The Balaban J connectivity index is 0.00000338. The highest BCUT2D eigenvalue weighted by Crippen LogP contribution is 2.09. The number of hydrogen-bond donors (Lipinski definition) is 3. The molecule has 2 fully saturated rings. The van der Waals surface area contributed by atoms with E-state index >= 15 is 0 Å². The monoisotopic (exact) mass is 483 g/mol. The van der Waals surface area contributed by atoms with E-state index in [2.05, 4.69) is 32.3 Å². The maximum absolute atomic E-state index is 10.7. The quantitative estimate of drug-likeness (QED) is 0.269. The van der Waals surface area contributed by atoms with Crippen molar-refractivity contribution in [1.29, 1.82) is 0 Å². The van der Waals surface area contributed by atoms with Crippen LogP contribution in [0, 0.1) is 0 Å². The van der Waals surface area contributed by atoms with Crippen LogP contribution in [0.15, 0.2) is 4.99 Å². The summed E-state index contributed by atoms with van der Waals surface area (Å²) in [6.45, 7) is 13.4. The molecule has 1 atom stereocenters. The van der Waals surface area contributed by atoms with Crippen LogP contribution in [-0.4, -0.2) is 98.6 Å². The third-order valence-corrected chi connectivity index (χ3v) is 4.76. The van der Waals surface area contributed by atoms with Crippen molar-refractivity contribution in [1.82, 2.24) is 20.4 Å². The number of nitrogens with zero attached hydrogens (tertiary/aromatic N) is 3. The number of ether oxygens (including phenoxy) is 1. The fourth-order valence-corrected chi connectivity index (χ4v) is 3.40. The Morgan fingerprint density at radius 3 is 2.42 bits per heavy atom. The molecule has 0 saturated carbocycles. The summed E-state index contributed by atoms with van der Waals surface area (Å²) in [5.74, 6) is 0.793. The first kappa shape index (κ1) is 23.9. The number of aliphatic hydroxyl groups is 1. The van der Waals surface area contributed by atoms with E-state index in [0.29, 0.717) is 13.1 Å². The second-order valence-electron chi connectivity index (χ2n) is 7.41. The topological polar surface area (TPSA) is 72.4 Å². The van der Waals surface area contributed by atoms with Crippen LogP contribution in [-0.2, 0) is 4.74 Å². The van der Waals surface area contributed by atoms with Crippen molar-refractivity contribution in [2.24, 2.45) is 4.99 Å². The van der Waals surface area contributed by atoms with Crippen molar-refractivity contribution in [3.63, 3.8) is 0 Å². The number of morpholine rings is 1. The molecule has 2 saturated heterocycles. The van der Waals surface area contributed by atoms with E-state index in [1.165, 1.54) is 32.4 Å². The molecule has 0 amide bonds. The summed E-state index contributed by atoms with van der Waals surface area (Å²) < 4.78 is 5.36. The molecule has 0 bridgehead atoms. The molecule has 3 N–H and O–H groups in total. The predicted molar refractivity (Wildman–Crippen MR) is 118 cm³/mol. The fraction of sp³-hybridized carbons (Fsp3) is 0.944. The van der Waals surface area contributed by atoms with Gasteiger partial charge in [0.1, 0.15) is 0 Å². The Labute approximate surface area is 175 Å². The Morgan fingerprint density at radius 2 is 1.77 bits per heavy atom. The second-order valence-corrected chi connectivity index (χ2v) is 7.41. The van der Waals surface area contributed by atoms with Crippen molar-refractivity contribution in [2.75, 3.05) is 72.1 Å². The van der Waals surface area contributed by atoms with Crippen LogP contribution in [0.1, 0.15) is 33.1 Å². The van der Waals surface area contributed by atoms with Crippen LogP contribution in [0.5, 0.6) is 0 Å². The van der Waals surface area contributed by atoms with Crippen LogP contribution in [0.3, 0.4) is 0 Å². The number of piperidine rings is 1. The van der Waals surface area contributed by atoms with Crippen molar-refractivity contribution in [2.45, 2.75) is 38.7 Å². The number of guanidine groups is 1. The molecule has 8 heteroatoms. The van der Waals surface area contributed by atoms with Crippen molar-refractivity contribution in [3.05, 3.63) is 0 Å². The first-order chi connectivity index (χ1) is 12.1. The van der Waals surface area contributed by atoms with Crippen LogP contribution >= 0.6 is 24.0 Å². The second kappa shape index (κ2) is 13.1. The third-order valence-electron chi connectivity index (χ3n) is 4.76. The van der Waals surface area contributed by atoms with Gasteiger partial charge >= 0.3 is 0 Å². The van der Waals surface area contributed by atoms with E-state index in [0.717, 1.165) is 51.9 Å². The number of rotatable bonds is 8. The average Bonchev–Trinajstić information content (AvgIpc) is 2.61. The summed E-state index contributed by atoms with van der Waals surface area (Å²) in [4.78, 5) is 9.36. The van der Waals surface area contributed by atoms with Crippen LogP contribution in [0.4, 0.5) is 0 Å². The van der Waals surface area contributed by atoms with E-state index in [1.54, 1.807) is 0 Å². The lowest BCUT2D eigenvalue weighted by Gasteiger charge is -2.33. The molecule has 0 aliphatic carbocycles. The summed E-state index contributed by atoms with van der Waals surface area (Å²) in [6.07, 6.45) is 4.00. The van der Waals surface area contributed by atoms with Gasteiger partial charge in [0, 0.05) is 39.3 Å². The molecule has 0 aromatic carbocycles. The fourth-order valence-electron chi connectivity index (χ4n) is 3.40. The van der Waals surface area contributed by atoms with E-state index in [-0.39, 0.29) is 24.0 Å². The number of hydrogen-bond acceptors (Lipinski definition) is 5. The van der Waals surface area contributed by atoms with Gasteiger partial charge in [0.15, 0.2) is 5.96 Å². The lowest BCUT2D eigenvalue weighted by molar-refractivity contribution is -0.0179. The molecule has 2 heterocycles. The molecular formula is C18H38IN5O2. The minimum atomic E-state index is -0.827. The maximum Gasteiger partial charge on any atom is 0.191 e. The van der Waals surface area contributed by atoms with Crippen molar-refractivity contribution in [3.8, 4) is 0 Å². The van der Waals surface area contributed by atoms with Crippen LogP contribution < -0.4 is 10.6 Å². The Hall–Kier alpha value is -0.160. The molecule has 0 aromatic rings. The lowest BCUT2D eigenvalue weighted by Crippen LogP contribution is -2.48. The first-order valence-corrected chi connectivity index (χ1v) is 9.86. The van der Waals surface area contributed by atoms with Gasteiger partial charge in [0.05, 0.1) is 25.4 Å². The molecule has 1 unspecified atom stereocenters. The normalized spacial score (nSPS) is 22.3. The molecule has 2 aliphatic heterocycles. The van der Waals surface area contributed by atoms with E-state index in [1.807, 2.05) is 6.92 Å². The Bertz CT molecular complexity index is 397. The standard InChI is InChI=1S/C18H37N5O2.HI/c1-3-19-17(20-7-10-22-8-5-4-6-9-22)21-15-18(2,24)16-23-11-13-25-14-12-23;/h24H,3-16H2,1-2H3,(H2,19,20,21);1H. The minimum absolute atomic E-state index is 0. The SMILES string of the molecule is CCNC(=NCC(C)(O)CN1CCOCC1)NCCN1CCCCC1.I. The summed E-state index contributed by atoms with van der Waals surface area (Å²) in [7, 11) is 0. The highest BCUT2D eigenvalue weighted by molar-refractivity contribution is 14.0. The zero-order chi connectivity index (χ0) is 18.0. The van der Waals surface area contributed by atoms with Gasteiger partial charge in [-0.3, -0.25) is 9.89 Å². The number of β-amino-alcohol motifs (C(OH)–C–C–N with tert-alkyl or cyclic N) is 1. The molecule has 0 radical (unpaired) electrons. The minimum Gasteiger partial charge on any atom is -0.387 e. The van der Waals surface area contributed by atoms with Gasteiger partial charge in [-0.15, -0.1) is 24.0 Å². The summed E-state index contributed by atoms with van der Waals surface area (Å²) >= 11 is 0. The zero-order valence-corrected chi connectivity index (χ0v) is 18.8. The summed E-state index contributed by atoms with van der Waals surface area (Å²) in [5, 5.41) is 17.3. The van der Waals surface area contributed by atoms with Crippen molar-refractivity contribution < 1.29 is 9.84 Å². The summed E-state index contributed by atoms with van der Waals surface area (Å²) in [5.41, 5.74) is -0.827. The highest BCUT2D eigenvalue weighted by Gasteiger charge is 2.25. The smallest absolute Gasteiger partial charge is 0.191 e. The number of aliphatic imine (C=N–C) groups is 1. The van der Waals surface area contributed by atoms with Gasteiger partial charge in [-0.1, -0.05) is 6.42 Å². The Morgan fingerprint density at radius 1 is 1.08 bits per heavy atom. The molecule has 7 nitrogen and oxygen atoms in total. The third kappa shape index (κ3) is 9.68. The van der Waals surface area contributed by atoms with Crippen LogP contribution in [0.2, 0.25) is 0 Å². The lowest BCUT2D eigenvalue weighted by atomic mass is 10.1. The van der Waals surface area contributed by atoms with E-state index < -0.39 is 5.60 Å². The maximum atomic E-state index is 10.7. The molecule has 154 valence electrons. The molecule has 0 spiro atoms. The average molecular weight is 483 g/mol. The van der Waals surface area contributed by atoms with E-state index in [4.69, 9.17) is 4.74 Å². The first-order valence-electron chi connectivity index (χ1n) is 9.86. The molecule has 0 aromatic heterocycles. The summed E-state index contributed by atoms with van der Waals surface area (Å²) in [6, 6.07) is 0. The van der Waals surface area contributed by atoms with Gasteiger partial charge in [-0.05, 0) is 39.8 Å². The number of nitrogens with one attached hydrogen (secondary N) is 2. The number of halogens is 1. The van der Waals surface area contributed by atoms with E-state index in [9.17, 15) is 5.11 Å². The zero-order valence-electron chi connectivity index (χ0n) is 16.5.